The smallest absolute Gasteiger partial charge is 0.320 e. The topological polar surface area (TPSA) is 86.9 Å². The van der Waals surface area contributed by atoms with E-state index in [4.69, 9.17) is 10.8 Å². The lowest BCUT2D eigenvalue weighted by Gasteiger charge is -2.36. The first-order chi connectivity index (χ1) is 8.41. The van der Waals surface area contributed by atoms with Gasteiger partial charge in [0.25, 0.3) is 0 Å². The van der Waals surface area contributed by atoms with Gasteiger partial charge in [0.1, 0.15) is 0 Å². The third kappa shape index (κ3) is 4.18. The number of carbonyl (C=O) groups excluding carboxylic acids is 1. The van der Waals surface area contributed by atoms with Crippen molar-refractivity contribution in [2.45, 2.75) is 45.2 Å². The average molecular weight is 257 g/mol. The van der Waals surface area contributed by atoms with Gasteiger partial charge in [0.05, 0.1) is 6.42 Å². The Balaban J connectivity index is 2.60. The molecule has 3 N–H and O–H groups in total. The molecule has 0 aromatic rings. The van der Waals surface area contributed by atoms with Gasteiger partial charge in [0.15, 0.2) is 0 Å². The molecule has 0 aliphatic carbocycles. The fraction of sp³-hybridized carbons (Fsp3) is 0.833. The highest BCUT2D eigenvalue weighted by atomic mass is 16.4. The van der Waals surface area contributed by atoms with E-state index in [1.54, 1.807) is 9.80 Å². The maximum Gasteiger partial charge on any atom is 0.320 e. The number of carbonyl (C=O) groups is 2. The third-order valence-electron chi connectivity index (χ3n) is 3.16. The van der Waals surface area contributed by atoms with Gasteiger partial charge in [-0.3, -0.25) is 4.79 Å². The van der Waals surface area contributed by atoms with Gasteiger partial charge in [-0.1, -0.05) is 0 Å². The minimum absolute atomic E-state index is 0.00463. The molecule has 6 heteroatoms. The van der Waals surface area contributed by atoms with Gasteiger partial charge < -0.3 is 20.6 Å². The first-order valence-electron chi connectivity index (χ1n) is 6.44. The summed E-state index contributed by atoms with van der Waals surface area (Å²) in [6, 6.07) is -0.0624. The maximum absolute atomic E-state index is 12.3. The summed E-state index contributed by atoms with van der Waals surface area (Å²) in [7, 11) is 0. The molecule has 0 aromatic heterocycles. The van der Waals surface area contributed by atoms with Crippen LogP contribution in [0.3, 0.4) is 0 Å². The summed E-state index contributed by atoms with van der Waals surface area (Å²) >= 11 is 0. The summed E-state index contributed by atoms with van der Waals surface area (Å²) in [5.74, 6) is -0.885. The Kier molecular flexibility index (Phi) is 5.40. The zero-order valence-corrected chi connectivity index (χ0v) is 11.1. The monoisotopic (exact) mass is 257 g/mol. The number of carboxylic acid groups (broad SMARTS) is 1. The molecule has 6 nitrogen and oxygen atoms in total. The Morgan fingerprint density at radius 1 is 1.50 bits per heavy atom. The first kappa shape index (κ1) is 14.8. The molecule has 0 radical (unpaired) electrons. The van der Waals surface area contributed by atoms with E-state index in [-0.39, 0.29) is 31.1 Å². The highest BCUT2D eigenvalue weighted by Gasteiger charge is 2.27. The Morgan fingerprint density at radius 3 is 2.67 bits per heavy atom. The van der Waals surface area contributed by atoms with Gasteiger partial charge in [-0.2, -0.15) is 0 Å². The Labute approximate surface area is 108 Å². The van der Waals surface area contributed by atoms with Gasteiger partial charge in [0, 0.05) is 31.7 Å². The van der Waals surface area contributed by atoms with E-state index < -0.39 is 5.97 Å². The summed E-state index contributed by atoms with van der Waals surface area (Å²) in [6.07, 6.45) is 1.84. The average Bonchev–Trinajstić information content (AvgIpc) is 2.28. The highest BCUT2D eigenvalue weighted by Crippen LogP contribution is 2.13. The van der Waals surface area contributed by atoms with Crippen LogP contribution in [0.2, 0.25) is 0 Å². The number of likely N-dealkylation sites (tertiary alicyclic amines) is 1. The van der Waals surface area contributed by atoms with Crippen molar-refractivity contribution in [1.29, 1.82) is 0 Å². The van der Waals surface area contributed by atoms with Crippen molar-refractivity contribution in [3.8, 4) is 0 Å². The van der Waals surface area contributed by atoms with Gasteiger partial charge >= 0.3 is 12.0 Å². The van der Waals surface area contributed by atoms with Crippen LogP contribution in [-0.4, -0.2) is 58.6 Å². The van der Waals surface area contributed by atoms with Crippen LogP contribution >= 0.6 is 0 Å². The second-order valence-electron chi connectivity index (χ2n) is 5.06. The lowest BCUT2D eigenvalue weighted by molar-refractivity contribution is -0.137. The van der Waals surface area contributed by atoms with Crippen molar-refractivity contribution >= 4 is 12.0 Å². The van der Waals surface area contributed by atoms with Crippen LogP contribution in [0.4, 0.5) is 4.79 Å². The quantitative estimate of drug-likeness (QED) is 0.776. The van der Waals surface area contributed by atoms with Gasteiger partial charge in [-0.25, -0.2) is 4.79 Å². The van der Waals surface area contributed by atoms with Crippen molar-refractivity contribution in [2.24, 2.45) is 5.73 Å². The zero-order valence-electron chi connectivity index (χ0n) is 11.1. The van der Waals surface area contributed by atoms with Crippen LogP contribution in [0.25, 0.3) is 0 Å². The number of amides is 2. The van der Waals surface area contributed by atoms with Crippen molar-refractivity contribution < 1.29 is 14.7 Å². The number of nitrogens with two attached hydrogens (primary N) is 1. The fourth-order valence-corrected chi connectivity index (χ4v) is 2.16. The van der Waals surface area contributed by atoms with Crippen molar-refractivity contribution in [3.05, 3.63) is 0 Å². The molecule has 1 unspecified atom stereocenters. The molecule has 1 saturated heterocycles. The van der Waals surface area contributed by atoms with E-state index in [0.29, 0.717) is 13.1 Å². The molecule has 0 bridgehead atoms. The largest absolute Gasteiger partial charge is 0.481 e. The number of hydrogen-bond donors (Lipinski definition) is 2. The molecule has 1 rings (SSSR count). The van der Waals surface area contributed by atoms with Crippen molar-refractivity contribution in [3.63, 3.8) is 0 Å². The number of rotatable bonds is 4. The molecule has 1 aliphatic heterocycles. The van der Waals surface area contributed by atoms with Crippen LogP contribution in [0.5, 0.6) is 0 Å². The number of piperidine rings is 1. The lowest BCUT2D eigenvalue weighted by atomic mass is 10.1. The highest BCUT2D eigenvalue weighted by molar-refractivity contribution is 5.76. The number of carboxylic acids is 1. The summed E-state index contributed by atoms with van der Waals surface area (Å²) in [6.45, 7) is 5.31. The maximum atomic E-state index is 12.3. The molecule has 1 fully saturated rings. The molecular weight excluding hydrogens is 234 g/mol. The molecule has 2 amide bonds. The summed E-state index contributed by atoms with van der Waals surface area (Å²) in [5, 5.41) is 8.71. The fourth-order valence-electron chi connectivity index (χ4n) is 2.16. The molecule has 0 saturated carbocycles. The zero-order chi connectivity index (χ0) is 13.7. The van der Waals surface area contributed by atoms with Gasteiger partial charge in [-0.05, 0) is 26.7 Å². The van der Waals surface area contributed by atoms with E-state index in [2.05, 4.69) is 0 Å². The second-order valence-corrected chi connectivity index (χ2v) is 5.06. The summed E-state index contributed by atoms with van der Waals surface area (Å²) in [4.78, 5) is 26.2. The predicted molar refractivity (Wildman–Crippen MR) is 68.3 cm³/mol. The van der Waals surface area contributed by atoms with Gasteiger partial charge in [0.2, 0.25) is 0 Å². The standard InChI is InChI=1S/C12H23N3O3/c1-9(2)15(7-5-11(16)17)12(18)14-6-3-4-10(13)8-14/h9-10H,3-8,13H2,1-2H3,(H,16,17). The minimum atomic E-state index is -0.885. The lowest BCUT2D eigenvalue weighted by Crippen LogP contribution is -2.52. The van der Waals surface area contributed by atoms with Crippen LogP contribution in [0.15, 0.2) is 0 Å². The van der Waals surface area contributed by atoms with E-state index in [1.807, 2.05) is 13.8 Å². The normalized spacial score (nSPS) is 20.0. The van der Waals surface area contributed by atoms with E-state index in [1.165, 1.54) is 0 Å². The Hall–Kier alpha value is -1.30. The Bertz CT molecular complexity index is 307. The molecular formula is C12H23N3O3. The third-order valence-corrected chi connectivity index (χ3v) is 3.16. The summed E-state index contributed by atoms with van der Waals surface area (Å²) in [5.41, 5.74) is 5.85. The number of hydrogen-bond acceptors (Lipinski definition) is 3. The molecule has 0 spiro atoms. The molecule has 104 valence electrons. The number of urea groups is 1. The van der Waals surface area contributed by atoms with Gasteiger partial charge in [-0.15, -0.1) is 0 Å². The van der Waals surface area contributed by atoms with Crippen LogP contribution in [0.1, 0.15) is 33.1 Å². The predicted octanol–water partition coefficient (Wildman–Crippen LogP) is 0.715. The van der Waals surface area contributed by atoms with Crippen LogP contribution in [0, 0.1) is 0 Å². The van der Waals surface area contributed by atoms with E-state index in [9.17, 15) is 9.59 Å². The van der Waals surface area contributed by atoms with Crippen molar-refractivity contribution in [2.75, 3.05) is 19.6 Å². The van der Waals surface area contributed by atoms with Crippen LogP contribution < -0.4 is 5.73 Å². The molecule has 1 aliphatic rings. The molecule has 1 heterocycles. The number of nitrogens with zero attached hydrogens (tertiary/aromatic N) is 2. The van der Waals surface area contributed by atoms with E-state index >= 15 is 0 Å². The SMILES string of the molecule is CC(C)N(CCC(=O)O)C(=O)N1CCCC(N)C1. The van der Waals surface area contributed by atoms with Crippen molar-refractivity contribution in [1.82, 2.24) is 9.80 Å². The molecule has 0 aromatic carbocycles. The van der Waals surface area contributed by atoms with Crippen LogP contribution in [-0.2, 0) is 4.79 Å². The summed E-state index contributed by atoms with van der Waals surface area (Å²) < 4.78 is 0. The molecule has 1 atom stereocenters. The minimum Gasteiger partial charge on any atom is -0.481 e. The first-order valence-corrected chi connectivity index (χ1v) is 6.44. The second kappa shape index (κ2) is 6.58. The molecule has 18 heavy (non-hydrogen) atoms. The Morgan fingerprint density at radius 2 is 2.17 bits per heavy atom. The van der Waals surface area contributed by atoms with E-state index in [0.717, 1.165) is 12.8 Å². The number of aliphatic carboxylic acids is 1.